The van der Waals surface area contributed by atoms with Crippen LogP contribution in [0.1, 0.15) is 25.0 Å². The van der Waals surface area contributed by atoms with E-state index in [0.717, 1.165) is 22.2 Å². The van der Waals surface area contributed by atoms with Crippen molar-refractivity contribution in [1.82, 2.24) is 5.32 Å². The Morgan fingerprint density at radius 3 is 2.63 bits per heavy atom. The highest BCUT2D eigenvalue weighted by Gasteiger charge is 2.30. The molecule has 1 fully saturated rings. The molecule has 1 aromatic carbocycles. The van der Waals surface area contributed by atoms with E-state index in [1.165, 1.54) is 16.9 Å². The van der Waals surface area contributed by atoms with Crippen LogP contribution in [0.4, 0.5) is 0 Å². The van der Waals surface area contributed by atoms with E-state index in [1.807, 2.05) is 0 Å². The quantitative estimate of drug-likeness (QED) is 0.908. The molecule has 3 heteroatoms. The smallest absolute Gasteiger partial charge is 0.0298 e. The summed E-state index contributed by atoms with van der Waals surface area (Å²) in [5, 5.41) is 5.82. The molecule has 1 N–H and O–H groups in total. The van der Waals surface area contributed by atoms with Gasteiger partial charge in [0.25, 0.3) is 0 Å². The summed E-state index contributed by atoms with van der Waals surface area (Å²) in [5.74, 6) is 1.27. The third-order valence-electron chi connectivity index (χ3n) is 4.09. The van der Waals surface area contributed by atoms with Crippen LogP contribution in [0.3, 0.4) is 0 Å². The minimum Gasteiger partial charge on any atom is -0.316 e. The maximum absolute atomic E-state index is 3.55. The van der Waals surface area contributed by atoms with Gasteiger partial charge < -0.3 is 5.32 Å². The average Bonchev–Trinajstić information content (AvgIpc) is 2.41. The van der Waals surface area contributed by atoms with Crippen molar-refractivity contribution < 1.29 is 0 Å². The van der Waals surface area contributed by atoms with Crippen molar-refractivity contribution >= 4 is 23.5 Å². The largest absolute Gasteiger partial charge is 0.316 e. The van der Waals surface area contributed by atoms with Crippen molar-refractivity contribution in [3.8, 4) is 0 Å². The molecule has 2 rings (SSSR count). The Morgan fingerprint density at radius 2 is 2.00 bits per heavy atom. The zero-order valence-corrected chi connectivity index (χ0v) is 14.0. The van der Waals surface area contributed by atoms with Crippen LogP contribution < -0.4 is 5.32 Å². The van der Waals surface area contributed by atoms with Gasteiger partial charge in [0.1, 0.15) is 0 Å². The molecular formula is C16H25NS2. The molecular weight excluding hydrogens is 270 g/mol. The first kappa shape index (κ1) is 15.3. The molecule has 0 bridgehead atoms. The van der Waals surface area contributed by atoms with E-state index >= 15 is 0 Å². The van der Waals surface area contributed by atoms with Gasteiger partial charge in [-0.3, -0.25) is 0 Å². The number of benzene rings is 1. The molecule has 0 aromatic heterocycles. The van der Waals surface area contributed by atoms with Crippen LogP contribution in [0, 0.1) is 6.92 Å². The first-order chi connectivity index (χ1) is 9.11. The van der Waals surface area contributed by atoms with E-state index in [2.05, 4.69) is 80.9 Å². The highest BCUT2D eigenvalue weighted by atomic mass is 32.2. The molecule has 106 valence electrons. The van der Waals surface area contributed by atoms with Crippen LogP contribution in [0.5, 0.6) is 0 Å². The fraction of sp³-hybridized carbons (Fsp3) is 0.625. The molecule has 0 amide bonds. The summed E-state index contributed by atoms with van der Waals surface area (Å²) < 4.78 is 0. The molecule has 0 radical (unpaired) electrons. The molecule has 1 aromatic rings. The van der Waals surface area contributed by atoms with E-state index in [0.29, 0.717) is 6.04 Å². The number of likely N-dealkylation sites (N-methyl/N-ethyl adjacent to an activating group) is 1. The molecule has 19 heavy (non-hydrogen) atoms. The van der Waals surface area contributed by atoms with Crippen molar-refractivity contribution in [3.05, 3.63) is 35.4 Å². The maximum atomic E-state index is 3.55. The highest BCUT2D eigenvalue weighted by molar-refractivity contribution is 8.07. The fourth-order valence-corrected chi connectivity index (χ4v) is 5.68. The minimum absolute atomic E-state index is 0.577. The van der Waals surface area contributed by atoms with E-state index in [-0.39, 0.29) is 0 Å². The van der Waals surface area contributed by atoms with E-state index in [1.54, 1.807) is 0 Å². The first-order valence-electron chi connectivity index (χ1n) is 7.10. The molecule has 4 atom stereocenters. The molecule has 1 aliphatic rings. The summed E-state index contributed by atoms with van der Waals surface area (Å²) in [6.07, 6.45) is 1.14. The second-order valence-electron chi connectivity index (χ2n) is 5.44. The first-order valence-corrected chi connectivity index (χ1v) is 9.09. The lowest BCUT2D eigenvalue weighted by Crippen LogP contribution is -2.43. The van der Waals surface area contributed by atoms with Gasteiger partial charge in [-0.1, -0.05) is 38.1 Å². The summed E-state index contributed by atoms with van der Waals surface area (Å²) >= 11 is 4.30. The summed E-state index contributed by atoms with van der Waals surface area (Å²) in [7, 11) is 2.11. The highest BCUT2D eigenvalue weighted by Crippen LogP contribution is 2.37. The predicted molar refractivity (Wildman–Crippen MR) is 90.5 cm³/mol. The van der Waals surface area contributed by atoms with Gasteiger partial charge in [0, 0.05) is 27.5 Å². The lowest BCUT2D eigenvalue weighted by molar-refractivity contribution is 0.553. The third-order valence-corrected chi connectivity index (χ3v) is 7.65. The SMILES string of the molecule is CNC(Cc1ccccc1C)C1CSC(C)C(C)S1. The van der Waals surface area contributed by atoms with Crippen molar-refractivity contribution in [2.75, 3.05) is 12.8 Å². The van der Waals surface area contributed by atoms with Crippen LogP contribution >= 0.6 is 23.5 Å². The zero-order chi connectivity index (χ0) is 13.8. The van der Waals surface area contributed by atoms with Crippen LogP contribution in [-0.2, 0) is 6.42 Å². The van der Waals surface area contributed by atoms with E-state index in [9.17, 15) is 0 Å². The molecule has 0 aliphatic carbocycles. The van der Waals surface area contributed by atoms with Crippen molar-refractivity contribution in [1.29, 1.82) is 0 Å². The Bertz CT molecular complexity index is 407. The molecule has 0 spiro atoms. The lowest BCUT2D eigenvalue weighted by atomic mass is 9.99. The molecule has 4 unspecified atom stereocenters. The Labute approximate surface area is 126 Å². The number of rotatable bonds is 4. The van der Waals surface area contributed by atoms with Gasteiger partial charge in [-0.25, -0.2) is 0 Å². The van der Waals surface area contributed by atoms with Crippen LogP contribution in [0.15, 0.2) is 24.3 Å². The average molecular weight is 296 g/mol. The lowest BCUT2D eigenvalue weighted by Gasteiger charge is -2.36. The van der Waals surface area contributed by atoms with Crippen LogP contribution in [0.2, 0.25) is 0 Å². The van der Waals surface area contributed by atoms with Gasteiger partial charge in [-0.05, 0) is 31.5 Å². The van der Waals surface area contributed by atoms with Crippen molar-refractivity contribution in [2.24, 2.45) is 0 Å². The number of aryl methyl sites for hydroxylation is 1. The molecule has 1 heterocycles. The van der Waals surface area contributed by atoms with Crippen LogP contribution in [0.25, 0.3) is 0 Å². The molecule has 1 nitrogen and oxygen atoms in total. The Balaban J connectivity index is 2.02. The minimum atomic E-state index is 0.577. The summed E-state index contributed by atoms with van der Waals surface area (Å²) in [6, 6.07) is 9.35. The Morgan fingerprint density at radius 1 is 1.26 bits per heavy atom. The van der Waals surface area contributed by atoms with Gasteiger partial charge in [-0.2, -0.15) is 23.5 Å². The number of hydrogen-bond donors (Lipinski definition) is 1. The zero-order valence-electron chi connectivity index (χ0n) is 12.3. The standard InChI is InChI=1S/C16H25NS2/c1-11-7-5-6-8-14(11)9-15(17-4)16-10-18-12(2)13(3)19-16/h5-8,12-13,15-17H,9-10H2,1-4H3. The maximum Gasteiger partial charge on any atom is 0.0298 e. The molecule has 0 saturated carbocycles. The topological polar surface area (TPSA) is 12.0 Å². The predicted octanol–water partition coefficient (Wildman–Crippen LogP) is 3.75. The second-order valence-corrected chi connectivity index (χ2v) is 8.48. The van der Waals surface area contributed by atoms with E-state index < -0.39 is 0 Å². The van der Waals surface area contributed by atoms with Gasteiger partial charge in [0.05, 0.1) is 0 Å². The Hall–Kier alpha value is -0.120. The third kappa shape index (κ3) is 3.93. The summed E-state index contributed by atoms with van der Waals surface area (Å²) in [4.78, 5) is 0. The van der Waals surface area contributed by atoms with Crippen molar-refractivity contribution in [3.63, 3.8) is 0 Å². The van der Waals surface area contributed by atoms with Gasteiger partial charge >= 0.3 is 0 Å². The van der Waals surface area contributed by atoms with Crippen molar-refractivity contribution in [2.45, 2.75) is 49.0 Å². The normalized spacial score (nSPS) is 29.2. The fourth-order valence-electron chi connectivity index (χ4n) is 2.51. The van der Waals surface area contributed by atoms with Gasteiger partial charge in [0.15, 0.2) is 0 Å². The van der Waals surface area contributed by atoms with Gasteiger partial charge in [0.2, 0.25) is 0 Å². The summed E-state index contributed by atoms with van der Waals surface area (Å²) in [5.41, 5.74) is 2.90. The molecule has 1 saturated heterocycles. The number of nitrogens with one attached hydrogen (secondary N) is 1. The molecule has 1 aliphatic heterocycles. The number of thioether (sulfide) groups is 2. The van der Waals surface area contributed by atoms with Crippen LogP contribution in [-0.4, -0.2) is 34.6 Å². The van der Waals surface area contributed by atoms with E-state index in [4.69, 9.17) is 0 Å². The monoisotopic (exact) mass is 295 g/mol. The summed E-state index contributed by atoms with van der Waals surface area (Å²) in [6.45, 7) is 6.94. The second kappa shape index (κ2) is 7.05. The Kier molecular flexibility index (Phi) is 5.67. The number of hydrogen-bond acceptors (Lipinski definition) is 3. The van der Waals surface area contributed by atoms with Gasteiger partial charge in [-0.15, -0.1) is 0 Å².